The van der Waals surface area contributed by atoms with Gasteiger partial charge >= 0.3 is 6.09 Å². The highest BCUT2D eigenvalue weighted by atomic mass is 28.3. The quantitative estimate of drug-likeness (QED) is 0.452. The summed E-state index contributed by atoms with van der Waals surface area (Å²) in [7, 11) is -1.35. The van der Waals surface area contributed by atoms with Crippen molar-refractivity contribution in [3.63, 3.8) is 0 Å². The minimum atomic E-state index is -1.35. The second kappa shape index (κ2) is 11.3. The molecule has 1 amide bonds. The Morgan fingerprint density at radius 2 is 1.40 bits per heavy atom. The number of piperazine rings is 1. The number of carbonyl (C=O) groups excluding carboxylic acids is 1. The van der Waals surface area contributed by atoms with E-state index in [1.165, 1.54) is 11.1 Å². The standard InChI is InChI=1S/C29H44N2O3Si/c1-28(2,3)26(34-35(7)8)24-21-30(27(32)33-29(4,5)6)19-20-31(24)25(22-15-11-9-12-16-22)23-17-13-10-14-18-23/h9-18,24-26,35H,19-21H2,1-8H3. The minimum absolute atomic E-state index is 0.0191. The zero-order valence-electron chi connectivity index (χ0n) is 22.8. The summed E-state index contributed by atoms with van der Waals surface area (Å²) in [4.78, 5) is 17.6. The van der Waals surface area contributed by atoms with Gasteiger partial charge in [0.15, 0.2) is 9.04 Å². The number of nitrogens with zero attached hydrogens (tertiary/aromatic N) is 2. The Morgan fingerprint density at radius 1 is 0.886 bits per heavy atom. The molecule has 0 N–H and O–H groups in total. The molecule has 3 rings (SSSR count). The molecule has 1 aliphatic rings. The first-order valence-electron chi connectivity index (χ1n) is 12.9. The van der Waals surface area contributed by atoms with Crippen LogP contribution in [0.4, 0.5) is 4.79 Å². The highest BCUT2D eigenvalue weighted by molar-refractivity contribution is 6.48. The van der Waals surface area contributed by atoms with Gasteiger partial charge in [0.2, 0.25) is 0 Å². The van der Waals surface area contributed by atoms with Crippen molar-refractivity contribution in [2.45, 2.75) is 78.4 Å². The molecule has 2 aromatic carbocycles. The number of benzene rings is 2. The van der Waals surface area contributed by atoms with Crippen molar-refractivity contribution in [3.05, 3.63) is 71.8 Å². The van der Waals surface area contributed by atoms with Gasteiger partial charge in [-0.25, -0.2) is 4.79 Å². The van der Waals surface area contributed by atoms with E-state index in [1.54, 1.807) is 0 Å². The molecule has 1 saturated heterocycles. The first-order chi connectivity index (χ1) is 16.4. The molecule has 2 atom stereocenters. The molecule has 192 valence electrons. The van der Waals surface area contributed by atoms with Gasteiger partial charge in [-0.05, 0) is 50.4 Å². The Hall–Kier alpha value is -2.15. The van der Waals surface area contributed by atoms with Gasteiger partial charge in [-0.3, -0.25) is 4.90 Å². The summed E-state index contributed by atoms with van der Waals surface area (Å²) in [6, 6.07) is 21.5. The van der Waals surface area contributed by atoms with E-state index in [4.69, 9.17) is 9.16 Å². The first-order valence-corrected chi connectivity index (χ1v) is 15.6. The van der Waals surface area contributed by atoms with Crippen LogP contribution >= 0.6 is 0 Å². The second-order valence-corrected chi connectivity index (χ2v) is 14.3. The second-order valence-electron chi connectivity index (χ2n) is 11.9. The molecule has 35 heavy (non-hydrogen) atoms. The van der Waals surface area contributed by atoms with Gasteiger partial charge in [0, 0.05) is 19.6 Å². The van der Waals surface area contributed by atoms with Crippen molar-refractivity contribution in [3.8, 4) is 0 Å². The fraction of sp³-hybridized carbons (Fsp3) is 0.552. The zero-order chi connectivity index (χ0) is 25.8. The van der Waals surface area contributed by atoms with Crippen LogP contribution in [0.25, 0.3) is 0 Å². The molecule has 0 aromatic heterocycles. The fourth-order valence-corrected chi connectivity index (χ4v) is 6.09. The number of hydrogen-bond donors (Lipinski definition) is 0. The molecule has 5 nitrogen and oxygen atoms in total. The van der Waals surface area contributed by atoms with Gasteiger partial charge in [-0.15, -0.1) is 0 Å². The van der Waals surface area contributed by atoms with Crippen LogP contribution in [-0.2, 0) is 9.16 Å². The molecular weight excluding hydrogens is 452 g/mol. The molecule has 2 aromatic rings. The van der Waals surface area contributed by atoms with Crippen LogP contribution in [0.5, 0.6) is 0 Å². The van der Waals surface area contributed by atoms with E-state index in [2.05, 4.69) is 99.4 Å². The minimum Gasteiger partial charge on any atom is -0.444 e. The van der Waals surface area contributed by atoms with Gasteiger partial charge in [0.25, 0.3) is 0 Å². The van der Waals surface area contributed by atoms with Gasteiger partial charge in [0.1, 0.15) is 5.60 Å². The highest BCUT2D eigenvalue weighted by Crippen LogP contribution is 2.37. The topological polar surface area (TPSA) is 42.0 Å². The molecule has 0 radical (unpaired) electrons. The maximum absolute atomic E-state index is 13.1. The lowest BCUT2D eigenvalue weighted by Crippen LogP contribution is -2.63. The third-order valence-corrected chi connectivity index (χ3v) is 7.13. The van der Waals surface area contributed by atoms with Crippen molar-refractivity contribution in [1.82, 2.24) is 9.80 Å². The lowest BCUT2D eigenvalue weighted by molar-refractivity contribution is -0.0573. The molecule has 0 spiro atoms. The van der Waals surface area contributed by atoms with E-state index in [9.17, 15) is 4.79 Å². The lowest BCUT2D eigenvalue weighted by atomic mass is 9.82. The zero-order valence-corrected chi connectivity index (χ0v) is 24.0. The number of amides is 1. The molecular formula is C29H44N2O3Si. The maximum atomic E-state index is 13.1. The molecule has 0 bridgehead atoms. The van der Waals surface area contributed by atoms with Crippen LogP contribution in [0.1, 0.15) is 58.7 Å². The monoisotopic (exact) mass is 496 g/mol. The molecule has 0 aliphatic carbocycles. The van der Waals surface area contributed by atoms with Crippen molar-refractivity contribution >= 4 is 15.1 Å². The lowest BCUT2D eigenvalue weighted by Gasteiger charge is -2.51. The van der Waals surface area contributed by atoms with Crippen LogP contribution in [0, 0.1) is 5.41 Å². The normalized spacial score (nSPS) is 18.7. The van der Waals surface area contributed by atoms with Crippen molar-refractivity contribution in [2.24, 2.45) is 5.41 Å². The van der Waals surface area contributed by atoms with Crippen LogP contribution in [0.3, 0.4) is 0 Å². The summed E-state index contributed by atoms with van der Waals surface area (Å²) in [5, 5.41) is 0. The maximum Gasteiger partial charge on any atom is 0.410 e. The average Bonchev–Trinajstić information content (AvgIpc) is 2.77. The molecule has 1 heterocycles. The predicted octanol–water partition coefficient (Wildman–Crippen LogP) is 6.11. The van der Waals surface area contributed by atoms with Gasteiger partial charge < -0.3 is 14.1 Å². The third-order valence-electron chi connectivity index (χ3n) is 6.30. The van der Waals surface area contributed by atoms with E-state index in [-0.39, 0.29) is 29.7 Å². The smallest absolute Gasteiger partial charge is 0.410 e. The summed E-state index contributed by atoms with van der Waals surface area (Å²) >= 11 is 0. The number of hydrogen-bond acceptors (Lipinski definition) is 4. The Morgan fingerprint density at radius 3 is 1.83 bits per heavy atom. The van der Waals surface area contributed by atoms with E-state index >= 15 is 0 Å². The Bertz CT molecular complexity index is 898. The number of ether oxygens (including phenoxy) is 1. The summed E-state index contributed by atoms with van der Waals surface area (Å²) in [6.07, 6.45) is -0.262. The molecule has 1 fully saturated rings. The van der Waals surface area contributed by atoms with Crippen molar-refractivity contribution in [2.75, 3.05) is 19.6 Å². The number of carbonyl (C=O) groups is 1. The SMILES string of the molecule is C[SiH](C)OC(C1CN(C(=O)OC(C)(C)C)CCN1C(c1ccccc1)c1ccccc1)C(C)(C)C. The van der Waals surface area contributed by atoms with E-state index in [0.29, 0.717) is 13.1 Å². The van der Waals surface area contributed by atoms with Crippen LogP contribution < -0.4 is 0 Å². The Kier molecular flexibility index (Phi) is 8.84. The Balaban J connectivity index is 2.06. The summed E-state index contributed by atoms with van der Waals surface area (Å²) in [5.74, 6) is 0. The van der Waals surface area contributed by atoms with Crippen molar-refractivity contribution < 1.29 is 14.0 Å². The molecule has 1 aliphatic heterocycles. The highest BCUT2D eigenvalue weighted by Gasteiger charge is 2.44. The van der Waals surface area contributed by atoms with Crippen molar-refractivity contribution in [1.29, 1.82) is 0 Å². The van der Waals surface area contributed by atoms with Gasteiger partial charge in [-0.2, -0.15) is 0 Å². The molecule has 0 saturated carbocycles. The molecule has 2 unspecified atom stereocenters. The largest absolute Gasteiger partial charge is 0.444 e. The first kappa shape index (κ1) is 27.4. The van der Waals surface area contributed by atoms with E-state index < -0.39 is 14.6 Å². The van der Waals surface area contributed by atoms with Crippen LogP contribution in [-0.4, -0.2) is 62.3 Å². The Labute approximate surface area is 214 Å². The average molecular weight is 497 g/mol. The van der Waals surface area contributed by atoms with E-state index in [1.807, 2.05) is 25.7 Å². The van der Waals surface area contributed by atoms with Gasteiger partial charge in [-0.1, -0.05) is 81.4 Å². The van der Waals surface area contributed by atoms with Crippen LogP contribution in [0.2, 0.25) is 13.1 Å². The summed E-state index contributed by atoms with van der Waals surface area (Å²) in [6.45, 7) is 18.9. The number of rotatable bonds is 6. The van der Waals surface area contributed by atoms with E-state index in [0.717, 1.165) is 6.54 Å². The van der Waals surface area contributed by atoms with Crippen LogP contribution in [0.15, 0.2) is 60.7 Å². The predicted molar refractivity (Wildman–Crippen MR) is 146 cm³/mol. The summed E-state index contributed by atoms with van der Waals surface area (Å²) < 4.78 is 12.5. The third kappa shape index (κ3) is 7.42. The summed E-state index contributed by atoms with van der Waals surface area (Å²) in [5.41, 5.74) is 1.90. The molecule has 6 heteroatoms. The fourth-order valence-electron chi connectivity index (χ4n) is 4.92. The van der Waals surface area contributed by atoms with Gasteiger partial charge in [0.05, 0.1) is 18.2 Å².